The molecule has 0 atom stereocenters. The zero-order valence-corrected chi connectivity index (χ0v) is 11.1. The third kappa shape index (κ3) is 4.69. The Balaban J connectivity index is 2.60. The average molecular weight is 259 g/mol. The van der Waals surface area contributed by atoms with E-state index < -0.39 is 11.7 Å². The summed E-state index contributed by atoms with van der Waals surface area (Å²) in [6.07, 6.45) is -2.14. The molecule has 0 aliphatic rings. The molecule has 0 aromatic heterocycles. The Morgan fingerprint density at radius 2 is 1.61 bits per heavy atom. The van der Waals surface area contributed by atoms with E-state index in [-0.39, 0.29) is 5.54 Å². The average Bonchev–Trinajstić information content (AvgIpc) is 2.26. The van der Waals surface area contributed by atoms with Crippen molar-refractivity contribution >= 4 is 0 Å². The number of rotatable bonds is 5. The van der Waals surface area contributed by atoms with Gasteiger partial charge in [-0.05, 0) is 38.0 Å². The molecule has 0 saturated carbocycles. The molecule has 0 aliphatic heterocycles. The molecule has 0 unspecified atom stereocenters. The van der Waals surface area contributed by atoms with Gasteiger partial charge in [0.25, 0.3) is 0 Å². The molecule has 1 N–H and O–H groups in total. The van der Waals surface area contributed by atoms with Crippen molar-refractivity contribution in [1.29, 1.82) is 0 Å². The lowest BCUT2D eigenvalue weighted by Crippen LogP contribution is -2.38. The summed E-state index contributed by atoms with van der Waals surface area (Å²) in [5, 5.41) is 3.35. The van der Waals surface area contributed by atoms with Gasteiger partial charge in [0.1, 0.15) is 0 Å². The van der Waals surface area contributed by atoms with Gasteiger partial charge in [-0.2, -0.15) is 13.2 Å². The normalized spacial score (nSPS) is 12.8. The second kappa shape index (κ2) is 5.74. The van der Waals surface area contributed by atoms with E-state index in [1.807, 2.05) is 0 Å². The zero-order valence-electron chi connectivity index (χ0n) is 11.1. The molecule has 0 radical (unpaired) electrons. The molecular formula is C14H20F3N. The molecule has 0 amide bonds. The van der Waals surface area contributed by atoms with Gasteiger partial charge >= 0.3 is 6.18 Å². The van der Waals surface area contributed by atoms with Crippen LogP contribution in [0.3, 0.4) is 0 Å². The van der Waals surface area contributed by atoms with E-state index in [0.717, 1.165) is 30.5 Å². The van der Waals surface area contributed by atoms with Gasteiger partial charge in [-0.1, -0.05) is 25.5 Å². The topological polar surface area (TPSA) is 12.0 Å². The number of benzene rings is 1. The van der Waals surface area contributed by atoms with Crippen molar-refractivity contribution in [3.8, 4) is 0 Å². The lowest BCUT2D eigenvalue weighted by molar-refractivity contribution is -0.137. The largest absolute Gasteiger partial charge is 0.416 e. The van der Waals surface area contributed by atoms with E-state index in [2.05, 4.69) is 26.1 Å². The number of hydrogen-bond acceptors (Lipinski definition) is 1. The van der Waals surface area contributed by atoms with Crippen molar-refractivity contribution in [3.63, 3.8) is 0 Å². The Morgan fingerprint density at radius 3 is 2.06 bits per heavy atom. The summed E-state index contributed by atoms with van der Waals surface area (Å²) in [6, 6.07) is 5.31. The van der Waals surface area contributed by atoms with E-state index in [9.17, 15) is 13.2 Å². The number of nitrogens with one attached hydrogen (secondary N) is 1. The van der Waals surface area contributed by atoms with E-state index in [0.29, 0.717) is 6.54 Å². The molecule has 0 fully saturated rings. The van der Waals surface area contributed by atoms with Gasteiger partial charge in [-0.3, -0.25) is 0 Å². The van der Waals surface area contributed by atoms with E-state index in [1.165, 1.54) is 12.1 Å². The second-order valence-electron chi connectivity index (χ2n) is 5.18. The fourth-order valence-corrected chi connectivity index (χ4v) is 1.87. The molecule has 102 valence electrons. The molecule has 0 saturated heterocycles. The van der Waals surface area contributed by atoms with Crippen LogP contribution < -0.4 is 5.32 Å². The summed E-state index contributed by atoms with van der Waals surface area (Å²) in [5.74, 6) is 0. The van der Waals surface area contributed by atoms with Gasteiger partial charge in [-0.25, -0.2) is 0 Å². The highest BCUT2D eigenvalue weighted by Gasteiger charge is 2.29. The van der Waals surface area contributed by atoms with Gasteiger partial charge in [0, 0.05) is 12.1 Å². The quantitative estimate of drug-likeness (QED) is 0.827. The molecule has 0 aliphatic carbocycles. The van der Waals surface area contributed by atoms with Gasteiger partial charge in [0.05, 0.1) is 5.56 Å². The van der Waals surface area contributed by atoms with Crippen LogP contribution in [0.25, 0.3) is 0 Å². The molecule has 18 heavy (non-hydrogen) atoms. The van der Waals surface area contributed by atoms with Crippen molar-refractivity contribution in [2.75, 3.05) is 0 Å². The van der Waals surface area contributed by atoms with Crippen molar-refractivity contribution in [1.82, 2.24) is 5.32 Å². The summed E-state index contributed by atoms with van der Waals surface area (Å²) in [6.45, 7) is 6.90. The smallest absolute Gasteiger partial charge is 0.308 e. The Bertz CT molecular complexity index is 366. The molecule has 1 aromatic rings. The fourth-order valence-electron chi connectivity index (χ4n) is 1.87. The van der Waals surface area contributed by atoms with E-state index >= 15 is 0 Å². The third-order valence-electron chi connectivity index (χ3n) is 2.93. The minimum atomic E-state index is -4.26. The van der Waals surface area contributed by atoms with E-state index in [4.69, 9.17) is 0 Å². The van der Waals surface area contributed by atoms with Crippen LogP contribution in [0.2, 0.25) is 0 Å². The van der Waals surface area contributed by atoms with Gasteiger partial charge in [-0.15, -0.1) is 0 Å². The van der Waals surface area contributed by atoms with Crippen molar-refractivity contribution < 1.29 is 13.2 Å². The lowest BCUT2D eigenvalue weighted by Gasteiger charge is -2.26. The summed E-state index contributed by atoms with van der Waals surface area (Å²) in [7, 11) is 0. The molecule has 4 heteroatoms. The lowest BCUT2D eigenvalue weighted by atomic mass is 9.98. The Kier molecular flexibility index (Phi) is 4.79. The number of halogens is 3. The van der Waals surface area contributed by atoms with Gasteiger partial charge in [0.15, 0.2) is 0 Å². The maximum Gasteiger partial charge on any atom is 0.416 e. The highest BCUT2D eigenvalue weighted by Crippen LogP contribution is 2.29. The minimum absolute atomic E-state index is 0.0114. The monoisotopic (exact) mass is 259 g/mol. The maximum atomic E-state index is 12.4. The molecule has 0 heterocycles. The fraction of sp³-hybridized carbons (Fsp3) is 0.571. The van der Waals surface area contributed by atoms with Crippen molar-refractivity contribution in [2.24, 2.45) is 0 Å². The van der Waals surface area contributed by atoms with Crippen molar-refractivity contribution in [3.05, 3.63) is 35.4 Å². The summed E-state index contributed by atoms with van der Waals surface area (Å²) < 4.78 is 37.1. The maximum absolute atomic E-state index is 12.4. The molecular weight excluding hydrogens is 239 g/mol. The van der Waals surface area contributed by atoms with Crippen LogP contribution in [0.5, 0.6) is 0 Å². The van der Waals surface area contributed by atoms with Crippen molar-refractivity contribution in [2.45, 2.75) is 51.9 Å². The first-order valence-corrected chi connectivity index (χ1v) is 6.16. The van der Waals surface area contributed by atoms with Gasteiger partial charge < -0.3 is 5.32 Å². The summed E-state index contributed by atoms with van der Waals surface area (Å²) >= 11 is 0. The zero-order chi connectivity index (χ0) is 13.8. The summed E-state index contributed by atoms with van der Waals surface area (Å²) in [5.41, 5.74) is 0.281. The Labute approximate surface area is 106 Å². The summed E-state index contributed by atoms with van der Waals surface area (Å²) in [4.78, 5) is 0. The first kappa shape index (κ1) is 15.0. The van der Waals surface area contributed by atoms with Crippen LogP contribution >= 0.6 is 0 Å². The molecule has 0 bridgehead atoms. The predicted molar refractivity (Wildman–Crippen MR) is 67.3 cm³/mol. The van der Waals surface area contributed by atoms with Crippen LogP contribution in [0.15, 0.2) is 24.3 Å². The second-order valence-corrected chi connectivity index (χ2v) is 5.18. The Hall–Kier alpha value is -1.03. The third-order valence-corrected chi connectivity index (χ3v) is 2.93. The van der Waals surface area contributed by atoms with Gasteiger partial charge in [0.2, 0.25) is 0 Å². The molecule has 0 spiro atoms. The highest BCUT2D eigenvalue weighted by molar-refractivity contribution is 5.24. The first-order valence-electron chi connectivity index (χ1n) is 6.16. The molecule has 1 aromatic carbocycles. The molecule has 1 rings (SSSR count). The van der Waals surface area contributed by atoms with Crippen LogP contribution in [-0.2, 0) is 12.7 Å². The minimum Gasteiger partial charge on any atom is -0.308 e. The molecule has 1 nitrogen and oxygen atoms in total. The Morgan fingerprint density at radius 1 is 1.06 bits per heavy atom. The van der Waals surface area contributed by atoms with Crippen LogP contribution in [0, 0.1) is 0 Å². The predicted octanol–water partition coefficient (Wildman–Crippen LogP) is 4.37. The highest BCUT2D eigenvalue weighted by atomic mass is 19.4. The first-order chi connectivity index (χ1) is 8.24. The van der Waals surface area contributed by atoms with Crippen LogP contribution in [0.1, 0.15) is 44.7 Å². The van der Waals surface area contributed by atoms with E-state index in [1.54, 1.807) is 0 Å². The number of hydrogen-bond donors (Lipinski definition) is 1. The van der Waals surface area contributed by atoms with Crippen LogP contribution in [-0.4, -0.2) is 5.54 Å². The SMILES string of the molecule is CCCC(C)(C)NCc1ccc(C(F)(F)F)cc1. The van der Waals surface area contributed by atoms with Crippen LogP contribution in [0.4, 0.5) is 13.2 Å². The number of alkyl halides is 3. The standard InChI is InChI=1S/C14H20F3N/c1-4-9-13(2,3)18-10-11-5-7-12(8-6-11)14(15,16)17/h5-8,18H,4,9-10H2,1-3H3.